The Morgan fingerprint density at radius 2 is 2.24 bits per heavy atom. The molecule has 0 radical (unpaired) electrons. The van der Waals surface area contributed by atoms with Gasteiger partial charge in [0.1, 0.15) is 0 Å². The van der Waals surface area contributed by atoms with Gasteiger partial charge >= 0.3 is 5.97 Å². The van der Waals surface area contributed by atoms with Crippen LogP contribution in [0.5, 0.6) is 0 Å². The average Bonchev–Trinajstić information content (AvgIpc) is 2.58. The van der Waals surface area contributed by atoms with Crippen LogP contribution in [0, 0.1) is 6.92 Å². The Morgan fingerprint density at radius 1 is 1.53 bits per heavy atom. The summed E-state index contributed by atoms with van der Waals surface area (Å²) in [5, 5.41) is 4.24. The van der Waals surface area contributed by atoms with E-state index in [2.05, 4.69) is 21.0 Å². The molecule has 0 saturated heterocycles. The van der Waals surface area contributed by atoms with Crippen molar-refractivity contribution in [2.45, 2.75) is 26.8 Å². The van der Waals surface area contributed by atoms with Crippen molar-refractivity contribution in [2.75, 3.05) is 20.3 Å². The first-order chi connectivity index (χ1) is 8.11. The van der Waals surface area contributed by atoms with Crippen LogP contribution >= 0.6 is 15.9 Å². The minimum Gasteiger partial charge on any atom is -0.461 e. The third kappa shape index (κ3) is 3.54. The molecule has 0 atom stereocenters. The standard InChI is InChI=1S/C11H17BrN2O3/c1-4-17-11(15)10-9(12)8(2)14(13-10)6-5-7-16-3/h4-7H2,1-3H3. The van der Waals surface area contributed by atoms with Crippen molar-refractivity contribution in [2.24, 2.45) is 0 Å². The maximum atomic E-state index is 11.6. The van der Waals surface area contributed by atoms with Crippen LogP contribution in [0.25, 0.3) is 0 Å². The van der Waals surface area contributed by atoms with Gasteiger partial charge in [0, 0.05) is 20.3 Å². The third-order valence-corrected chi connectivity index (χ3v) is 3.27. The Hall–Kier alpha value is -0.880. The summed E-state index contributed by atoms with van der Waals surface area (Å²) in [6.07, 6.45) is 0.855. The van der Waals surface area contributed by atoms with Crippen LogP contribution in [0.4, 0.5) is 0 Å². The summed E-state index contributed by atoms with van der Waals surface area (Å²) in [6.45, 7) is 5.42. The molecule has 0 amide bonds. The first-order valence-corrected chi connectivity index (χ1v) is 6.30. The van der Waals surface area contributed by atoms with Crippen molar-refractivity contribution in [3.63, 3.8) is 0 Å². The van der Waals surface area contributed by atoms with E-state index in [1.165, 1.54) is 0 Å². The number of carbonyl (C=O) groups excluding carboxylic acids is 1. The highest BCUT2D eigenvalue weighted by molar-refractivity contribution is 9.10. The topological polar surface area (TPSA) is 53.3 Å². The van der Waals surface area contributed by atoms with Crippen molar-refractivity contribution >= 4 is 21.9 Å². The molecule has 0 aliphatic heterocycles. The fourth-order valence-corrected chi connectivity index (χ4v) is 1.88. The predicted molar refractivity (Wildman–Crippen MR) is 67.1 cm³/mol. The summed E-state index contributed by atoms with van der Waals surface area (Å²) in [4.78, 5) is 11.6. The van der Waals surface area contributed by atoms with E-state index >= 15 is 0 Å². The first kappa shape index (κ1) is 14.2. The van der Waals surface area contributed by atoms with Crippen molar-refractivity contribution in [1.29, 1.82) is 0 Å². The summed E-state index contributed by atoms with van der Waals surface area (Å²) >= 11 is 3.37. The molecule has 5 nitrogen and oxygen atoms in total. The average molecular weight is 305 g/mol. The Morgan fingerprint density at radius 3 is 2.82 bits per heavy atom. The fraction of sp³-hybridized carbons (Fsp3) is 0.636. The lowest BCUT2D eigenvalue weighted by molar-refractivity contribution is 0.0517. The largest absolute Gasteiger partial charge is 0.461 e. The zero-order valence-electron chi connectivity index (χ0n) is 10.3. The number of methoxy groups -OCH3 is 1. The second-order valence-corrected chi connectivity index (χ2v) is 4.33. The minimum atomic E-state index is -0.395. The van der Waals surface area contributed by atoms with E-state index in [9.17, 15) is 4.79 Å². The molecule has 0 N–H and O–H groups in total. The van der Waals surface area contributed by atoms with Gasteiger partial charge in [0.15, 0.2) is 5.69 Å². The van der Waals surface area contributed by atoms with Crippen LogP contribution in [-0.2, 0) is 16.0 Å². The smallest absolute Gasteiger partial charge is 0.360 e. The van der Waals surface area contributed by atoms with Crippen LogP contribution in [-0.4, -0.2) is 36.1 Å². The van der Waals surface area contributed by atoms with Gasteiger partial charge in [-0.15, -0.1) is 0 Å². The Labute approximate surface area is 109 Å². The fourth-order valence-electron chi connectivity index (χ4n) is 1.43. The van der Waals surface area contributed by atoms with Gasteiger partial charge in [0.2, 0.25) is 0 Å². The van der Waals surface area contributed by atoms with Crippen LogP contribution in [0.15, 0.2) is 4.47 Å². The molecule has 0 aromatic carbocycles. The number of hydrogen-bond donors (Lipinski definition) is 0. The summed E-state index contributed by atoms with van der Waals surface area (Å²) in [7, 11) is 1.66. The molecule has 0 spiro atoms. The molecule has 0 aliphatic rings. The Balaban J connectivity index is 2.80. The second kappa shape index (κ2) is 6.76. The molecule has 0 fully saturated rings. The van der Waals surface area contributed by atoms with E-state index in [-0.39, 0.29) is 0 Å². The number of halogens is 1. The van der Waals surface area contributed by atoms with E-state index in [1.54, 1.807) is 18.7 Å². The highest BCUT2D eigenvalue weighted by Gasteiger charge is 2.19. The highest BCUT2D eigenvalue weighted by Crippen LogP contribution is 2.21. The number of ether oxygens (including phenoxy) is 2. The quantitative estimate of drug-likeness (QED) is 0.597. The van der Waals surface area contributed by atoms with E-state index in [0.29, 0.717) is 23.4 Å². The number of nitrogens with zero attached hydrogens (tertiary/aromatic N) is 2. The van der Waals surface area contributed by atoms with E-state index in [1.807, 2.05) is 6.92 Å². The van der Waals surface area contributed by atoms with Gasteiger partial charge in [-0.05, 0) is 36.2 Å². The summed E-state index contributed by atoms with van der Waals surface area (Å²) in [5.41, 5.74) is 1.26. The molecular formula is C11H17BrN2O3. The van der Waals surface area contributed by atoms with E-state index in [0.717, 1.165) is 18.7 Å². The molecule has 0 saturated carbocycles. The van der Waals surface area contributed by atoms with Crippen LogP contribution in [0.2, 0.25) is 0 Å². The number of carbonyl (C=O) groups is 1. The van der Waals surface area contributed by atoms with Crippen molar-refractivity contribution < 1.29 is 14.3 Å². The lowest BCUT2D eigenvalue weighted by Crippen LogP contribution is -2.09. The van der Waals surface area contributed by atoms with Gasteiger partial charge in [0.05, 0.1) is 16.8 Å². The van der Waals surface area contributed by atoms with Crippen molar-refractivity contribution in [3.8, 4) is 0 Å². The number of esters is 1. The highest BCUT2D eigenvalue weighted by atomic mass is 79.9. The predicted octanol–water partition coefficient (Wildman–Crippen LogP) is 2.17. The lowest BCUT2D eigenvalue weighted by atomic mass is 10.3. The van der Waals surface area contributed by atoms with Gasteiger partial charge in [-0.3, -0.25) is 4.68 Å². The van der Waals surface area contributed by atoms with Gasteiger partial charge in [-0.25, -0.2) is 4.79 Å². The number of rotatable bonds is 6. The van der Waals surface area contributed by atoms with E-state index in [4.69, 9.17) is 9.47 Å². The van der Waals surface area contributed by atoms with Crippen molar-refractivity contribution in [1.82, 2.24) is 9.78 Å². The zero-order valence-corrected chi connectivity index (χ0v) is 11.9. The molecule has 1 heterocycles. The zero-order chi connectivity index (χ0) is 12.8. The maximum absolute atomic E-state index is 11.6. The van der Waals surface area contributed by atoms with Gasteiger partial charge in [0.25, 0.3) is 0 Å². The Bertz CT molecular complexity index is 390. The first-order valence-electron chi connectivity index (χ1n) is 5.50. The minimum absolute atomic E-state index is 0.335. The van der Waals surface area contributed by atoms with E-state index < -0.39 is 5.97 Å². The molecule has 0 aliphatic carbocycles. The number of hydrogen-bond acceptors (Lipinski definition) is 4. The summed E-state index contributed by atoms with van der Waals surface area (Å²) in [5.74, 6) is -0.395. The molecular weight excluding hydrogens is 288 g/mol. The monoisotopic (exact) mass is 304 g/mol. The Kier molecular flexibility index (Phi) is 5.64. The maximum Gasteiger partial charge on any atom is 0.360 e. The molecule has 1 aromatic heterocycles. The normalized spacial score (nSPS) is 10.6. The number of aromatic nitrogens is 2. The van der Waals surface area contributed by atoms with Gasteiger partial charge in [-0.1, -0.05) is 0 Å². The molecule has 1 aromatic rings. The molecule has 17 heavy (non-hydrogen) atoms. The summed E-state index contributed by atoms with van der Waals surface area (Å²) in [6, 6.07) is 0. The van der Waals surface area contributed by atoms with Crippen LogP contribution in [0.1, 0.15) is 29.5 Å². The van der Waals surface area contributed by atoms with Crippen molar-refractivity contribution in [3.05, 3.63) is 15.9 Å². The molecule has 0 bridgehead atoms. The molecule has 6 heteroatoms. The number of aryl methyl sites for hydroxylation is 1. The second-order valence-electron chi connectivity index (χ2n) is 3.54. The lowest BCUT2D eigenvalue weighted by Gasteiger charge is -2.03. The summed E-state index contributed by atoms with van der Waals surface area (Å²) < 4.78 is 12.4. The molecule has 1 rings (SSSR count). The van der Waals surface area contributed by atoms with Gasteiger partial charge < -0.3 is 9.47 Å². The van der Waals surface area contributed by atoms with Gasteiger partial charge in [-0.2, -0.15) is 5.10 Å². The van der Waals surface area contributed by atoms with Crippen LogP contribution in [0.3, 0.4) is 0 Å². The molecule has 0 unspecified atom stereocenters. The third-order valence-electron chi connectivity index (χ3n) is 2.32. The molecule has 96 valence electrons. The van der Waals surface area contributed by atoms with Crippen LogP contribution < -0.4 is 0 Å². The SMILES string of the molecule is CCOC(=O)c1nn(CCCOC)c(C)c1Br.